The van der Waals surface area contributed by atoms with E-state index in [0.29, 0.717) is 0 Å². The lowest BCUT2D eigenvalue weighted by atomic mass is 9.83. The maximum Gasteiger partial charge on any atom is 0.193 e. The van der Waals surface area contributed by atoms with Crippen LogP contribution in [0.1, 0.15) is 64.5 Å². The van der Waals surface area contributed by atoms with Crippen molar-refractivity contribution in [3.63, 3.8) is 0 Å². The van der Waals surface area contributed by atoms with Crippen LogP contribution in [0.15, 0.2) is 24.5 Å². The second kappa shape index (κ2) is 7.26. The quantitative estimate of drug-likeness (QED) is 0.687. The van der Waals surface area contributed by atoms with Gasteiger partial charge in [-0.25, -0.2) is 0 Å². The summed E-state index contributed by atoms with van der Waals surface area (Å²) < 4.78 is 6.57. The molecule has 0 spiro atoms. The van der Waals surface area contributed by atoms with Crippen LogP contribution in [0.25, 0.3) is 0 Å². The summed E-state index contributed by atoms with van der Waals surface area (Å²) >= 11 is 0. The Balaban J connectivity index is 2.27. The molecule has 0 bridgehead atoms. The largest absolute Gasteiger partial charge is 0.403 e. The Hall–Kier alpha value is -1.00. The number of Topliss-reactive ketones (excluding diaryl/α,β-unsaturated/α-hetero) is 1. The molecule has 1 aliphatic carbocycles. The van der Waals surface area contributed by atoms with E-state index in [1.807, 2.05) is 12.1 Å². The predicted octanol–water partition coefficient (Wildman–Crippen LogP) is 5.29. The first-order valence-corrected chi connectivity index (χ1v) is 11.7. The SMILES string of the molecule is CC(C)(C)[Si](C)(C)OC(C(=O)C1CCCCC1)c1ccncc1. The number of ketones is 1. The highest BCUT2D eigenvalue weighted by Gasteiger charge is 2.42. The molecule has 0 aliphatic heterocycles. The van der Waals surface area contributed by atoms with Gasteiger partial charge in [0, 0.05) is 18.3 Å². The third-order valence-electron chi connectivity index (χ3n) is 5.49. The van der Waals surface area contributed by atoms with Crippen LogP contribution >= 0.6 is 0 Å². The fourth-order valence-electron chi connectivity index (χ4n) is 2.90. The van der Waals surface area contributed by atoms with Gasteiger partial charge in [0.05, 0.1) is 0 Å². The summed E-state index contributed by atoms with van der Waals surface area (Å²) in [5.41, 5.74) is 0.959. The summed E-state index contributed by atoms with van der Waals surface area (Å²) in [6, 6.07) is 3.86. The highest BCUT2D eigenvalue weighted by Crippen LogP contribution is 2.41. The van der Waals surface area contributed by atoms with Crippen molar-refractivity contribution < 1.29 is 9.22 Å². The van der Waals surface area contributed by atoms with Crippen molar-refractivity contribution in [2.24, 2.45) is 5.92 Å². The van der Waals surface area contributed by atoms with Crippen LogP contribution in [0.5, 0.6) is 0 Å². The van der Waals surface area contributed by atoms with Crippen LogP contribution in [0.2, 0.25) is 18.1 Å². The number of pyridine rings is 1. The van der Waals surface area contributed by atoms with Crippen molar-refractivity contribution in [3.05, 3.63) is 30.1 Å². The first kappa shape index (κ1) is 18.3. The number of nitrogens with zero attached hydrogens (tertiary/aromatic N) is 1. The molecule has 23 heavy (non-hydrogen) atoms. The molecule has 0 aromatic carbocycles. The standard InChI is InChI=1S/C19H31NO2Si/c1-19(2,3)23(4,5)22-18(16-11-13-20-14-12-16)17(21)15-9-7-6-8-10-15/h11-15,18H,6-10H2,1-5H3. The Morgan fingerprint density at radius 2 is 1.74 bits per heavy atom. The number of rotatable bonds is 5. The number of carbonyl (C=O) groups excluding carboxylic acids is 1. The van der Waals surface area contributed by atoms with Crippen LogP contribution in [0.4, 0.5) is 0 Å². The lowest BCUT2D eigenvalue weighted by Crippen LogP contribution is -2.44. The summed E-state index contributed by atoms with van der Waals surface area (Å²) in [5.74, 6) is 0.437. The first-order chi connectivity index (χ1) is 10.7. The van der Waals surface area contributed by atoms with E-state index in [1.165, 1.54) is 19.3 Å². The van der Waals surface area contributed by atoms with Crippen molar-refractivity contribution in [1.29, 1.82) is 0 Å². The van der Waals surface area contributed by atoms with Crippen LogP contribution in [-0.4, -0.2) is 19.1 Å². The Morgan fingerprint density at radius 1 is 1.17 bits per heavy atom. The molecule has 1 atom stereocenters. The maximum absolute atomic E-state index is 13.2. The van der Waals surface area contributed by atoms with Gasteiger partial charge in [-0.05, 0) is 48.7 Å². The van der Waals surface area contributed by atoms with E-state index >= 15 is 0 Å². The van der Waals surface area contributed by atoms with Gasteiger partial charge in [-0.15, -0.1) is 0 Å². The van der Waals surface area contributed by atoms with Crippen LogP contribution in [-0.2, 0) is 9.22 Å². The molecular formula is C19H31NO2Si. The molecule has 0 amide bonds. The van der Waals surface area contributed by atoms with E-state index in [4.69, 9.17) is 4.43 Å². The van der Waals surface area contributed by atoms with E-state index in [2.05, 4.69) is 38.8 Å². The van der Waals surface area contributed by atoms with E-state index in [-0.39, 0.29) is 16.7 Å². The summed E-state index contributed by atoms with van der Waals surface area (Å²) in [6.07, 6.45) is 8.70. The van der Waals surface area contributed by atoms with Gasteiger partial charge in [0.15, 0.2) is 14.1 Å². The Morgan fingerprint density at radius 3 is 2.26 bits per heavy atom. The number of aromatic nitrogens is 1. The summed E-state index contributed by atoms with van der Waals surface area (Å²) in [6.45, 7) is 11.1. The van der Waals surface area contributed by atoms with Gasteiger partial charge in [0.2, 0.25) is 0 Å². The topological polar surface area (TPSA) is 39.2 Å². The predicted molar refractivity (Wildman–Crippen MR) is 96.8 cm³/mol. The molecule has 1 aliphatic rings. The second-order valence-electron chi connectivity index (χ2n) is 8.28. The molecule has 3 nitrogen and oxygen atoms in total. The van der Waals surface area contributed by atoms with Gasteiger partial charge < -0.3 is 4.43 Å². The first-order valence-electron chi connectivity index (χ1n) is 8.84. The van der Waals surface area contributed by atoms with Crippen molar-refractivity contribution in [1.82, 2.24) is 4.98 Å². The van der Waals surface area contributed by atoms with Crippen molar-refractivity contribution >= 4 is 14.1 Å². The molecule has 1 saturated carbocycles. The van der Waals surface area contributed by atoms with E-state index in [0.717, 1.165) is 18.4 Å². The number of hydrogen-bond donors (Lipinski definition) is 0. The minimum atomic E-state index is -2.02. The fourth-order valence-corrected chi connectivity index (χ4v) is 4.10. The highest BCUT2D eigenvalue weighted by atomic mass is 28.4. The van der Waals surface area contributed by atoms with Crippen LogP contribution in [0.3, 0.4) is 0 Å². The van der Waals surface area contributed by atoms with Gasteiger partial charge >= 0.3 is 0 Å². The Kier molecular flexibility index (Phi) is 5.79. The smallest absolute Gasteiger partial charge is 0.193 e. The molecule has 1 fully saturated rings. The van der Waals surface area contributed by atoms with Crippen molar-refractivity contribution in [2.45, 2.75) is 77.1 Å². The zero-order chi connectivity index (χ0) is 17.1. The van der Waals surface area contributed by atoms with Gasteiger partial charge in [-0.3, -0.25) is 9.78 Å². The summed E-state index contributed by atoms with van der Waals surface area (Å²) in [5, 5.41) is 0.0884. The van der Waals surface area contributed by atoms with Gasteiger partial charge in [0.25, 0.3) is 0 Å². The fraction of sp³-hybridized carbons (Fsp3) is 0.684. The molecule has 0 saturated heterocycles. The molecule has 1 aromatic heterocycles. The molecule has 4 heteroatoms. The molecular weight excluding hydrogens is 302 g/mol. The zero-order valence-electron chi connectivity index (χ0n) is 15.3. The third kappa shape index (κ3) is 4.51. The minimum Gasteiger partial charge on any atom is -0.403 e. The molecule has 2 rings (SSSR count). The summed E-state index contributed by atoms with van der Waals surface area (Å²) in [7, 11) is -2.02. The van der Waals surface area contributed by atoms with E-state index in [1.54, 1.807) is 12.4 Å². The van der Waals surface area contributed by atoms with Gasteiger partial charge in [-0.2, -0.15) is 0 Å². The second-order valence-corrected chi connectivity index (χ2v) is 13.0. The average molecular weight is 334 g/mol. The molecule has 1 unspecified atom stereocenters. The minimum absolute atomic E-state index is 0.0884. The maximum atomic E-state index is 13.2. The highest BCUT2D eigenvalue weighted by molar-refractivity contribution is 6.74. The monoisotopic (exact) mass is 333 g/mol. The average Bonchev–Trinajstić information content (AvgIpc) is 2.52. The zero-order valence-corrected chi connectivity index (χ0v) is 16.3. The van der Waals surface area contributed by atoms with Gasteiger partial charge in [-0.1, -0.05) is 40.0 Å². The van der Waals surface area contributed by atoms with E-state index in [9.17, 15) is 4.79 Å². The number of hydrogen-bond acceptors (Lipinski definition) is 3. The molecule has 1 aromatic rings. The lowest BCUT2D eigenvalue weighted by Gasteiger charge is -2.40. The molecule has 128 valence electrons. The third-order valence-corrected chi connectivity index (χ3v) is 9.93. The molecule has 0 N–H and O–H groups in total. The Labute approximate surface area is 142 Å². The normalized spacial score (nSPS) is 18.7. The Bertz CT molecular complexity index is 516. The van der Waals surface area contributed by atoms with Crippen molar-refractivity contribution in [3.8, 4) is 0 Å². The van der Waals surface area contributed by atoms with Crippen molar-refractivity contribution in [2.75, 3.05) is 0 Å². The van der Waals surface area contributed by atoms with Crippen LogP contribution < -0.4 is 0 Å². The number of carbonyl (C=O) groups is 1. The lowest BCUT2D eigenvalue weighted by molar-refractivity contribution is -0.131. The van der Waals surface area contributed by atoms with Gasteiger partial charge in [0.1, 0.15) is 6.10 Å². The summed E-state index contributed by atoms with van der Waals surface area (Å²) in [4.78, 5) is 17.3. The molecule has 1 heterocycles. The van der Waals surface area contributed by atoms with E-state index < -0.39 is 14.4 Å². The van der Waals surface area contributed by atoms with Crippen LogP contribution in [0, 0.1) is 5.92 Å². The molecule has 0 radical (unpaired) electrons.